The fourth-order valence-electron chi connectivity index (χ4n) is 1.62. The topological polar surface area (TPSA) is 17.8 Å². The van der Waals surface area contributed by atoms with Gasteiger partial charge in [-0.2, -0.15) is 0 Å². The van der Waals surface area contributed by atoms with Crippen molar-refractivity contribution in [3.8, 4) is 0 Å². The Bertz CT molecular complexity index is 481. The van der Waals surface area contributed by atoms with Gasteiger partial charge in [0.1, 0.15) is 23.8 Å². The number of imidazole rings is 1. The van der Waals surface area contributed by atoms with E-state index in [0.29, 0.717) is 16.9 Å². The van der Waals surface area contributed by atoms with Crippen LogP contribution in [0.25, 0.3) is 11.0 Å². The number of para-hydroxylation sites is 1. The number of alkyl halides is 2. The third-order valence-electron chi connectivity index (χ3n) is 2.22. The minimum atomic E-state index is -0.566. The molecule has 0 atom stereocenters. The van der Waals surface area contributed by atoms with Gasteiger partial charge in [-0.25, -0.2) is 13.8 Å². The molecule has 0 saturated carbocycles. The maximum atomic E-state index is 13.5. The van der Waals surface area contributed by atoms with Crippen LogP contribution >= 0.6 is 11.6 Å². The highest BCUT2D eigenvalue weighted by Crippen LogP contribution is 2.20. The van der Waals surface area contributed by atoms with Crippen molar-refractivity contribution in [1.29, 1.82) is 0 Å². The number of halogens is 3. The highest BCUT2D eigenvalue weighted by atomic mass is 35.5. The van der Waals surface area contributed by atoms with Crippen molar-refractivity contribution in [2.45, 2.75) is 12.4 Å². The standard InChI is InChI=1S/C10H9ClF2N2/c11-6-9-14-8-3-1-2-7(13)10(8)15(9)5-4-12/h1-3H,4-6H2. The molecule has 0 radical (unpaired) electrons. The van der Waals surface area contributed by atoms with Crippen LogP contribution in [0, 0.1) is 5.82 Å². The van der Waals surface area contributed by atoms with Crippen molar-refractivity contribution < 1.29 is 8.78 Å². The second-order valence-electron chi connectivity index (χ2n) is 3.11. The van der Waals surface area contributed by atoms with E-state index < -0.39 is 12.5 Å². The second-order valence-corrected chi connectivity index (χ2v) is 3.38. The molecule has 0 fully saturated rings. The van der Waals surface area contributed by atoms with E-state index in [4.69, 9.17) is 11.6 Å². The number of aryl methyl sites for hydroxylation is 1. The summed E-state index contributed by atoms with van der Waals surface area (Å²) < 4.78 is 27.3. The molecule has 0 aliphatic carbocycles. The lowest BCUT2D eigenvalue weighted by atomic mass is 10.3. The number of benzene rings is 1. The van der Waals surface area contributed by atoms with Crippen LogP contribution in [0.3, 0.4) is 0 Å². The summed E-state index contributed by atoms with van der Waals surface area (Å²) in [5, 5.41) is 0. The first kappa shape index (κ1) is 10.4. The van der Waals surface area contributed by atoms with Crippen molar-refractivity contribution >= 4 is 22.6 Å². The van der Waals surface area contributed by atoms with Gasteiger partial charge in [0.15, 0.2) is 0 Å². The van der Waals surface area contributed by atoms with E-state index in [1.54, 1.807) is 12.1 Å². The van der Waals surface area contributed by atoms with Crippen LogP contribution < -0.4 is 0 Å². The predicted octanol–water partition coefficient (Wildman–Crippen LogP) is 2.88. The molecule has 0 bridgehead atoms. The number of hydrogen-bond donors (Lipinski definition) is 0. The third kappa shape index (κ3) is 1.69. The minimum Gasteiger partial charge on any atom is -0.322 e. The molecule has 2 rings (SSSR count). The lowest BCUT2D eigenvalue weighted by Gasteiger charge is -2.04. The summed E-state index contributed by atoms with van der Waals surface area (Å²) in [5.74, 6) is 0.243. The van der Waals surface area contributed by atoms with Crippen molar-refractivity contribution in [3.63, 3.8) is 0 Å². The van der Waals surface area contributed by atoms with E-state index in [9.17, 15) is 8.78 Å². The number of fused-ring (bicyclic) bond motifs is 1. The SMILES string of the molecule is FCCn1c(CCl)nc2cccc(F)c21. The van der Waals surface area contributed by atoms with Gasteiger partial charge in [-0.3, -0.25) is 0 Å². The van der Waals surface area contributed by atoms with Crippen LogP contribution in [-0.4, -0.2) is 16.2 Å². The molecule has 0 saturated heterocycles. The van der Waals surface area contributed by atoms with Crippen molar-refractivity contribution in [3.05, 3.63) is 29.8 Å². The molecular weight excluding hydrogens is 222 g/mol. The first-order valence-electron chi connectivity index (χ1n) is 4.53. The molecule has 0 N–H and O–H groups in total. The summed E-state index contributed by atoms with van der Waals surface area (Å²) in [6, 6.07) is 4.59. The van der Waals surface area contributed by atoms with Crippen LogP contribution in [-0.2, 0) is 12.4 Å². The quantitative estimate of drug-likeness (QED) is 0.742. The highest BCUT2D eigenvalue weighted by molar-refractivity contribution is 6.16. The van der Waals surface area contributed by atoms with E-state index in [-0.39, 0.29) is 12.4 Å². The van der Waals surface area contributed by atoms with Crippen LogP contribution in [0.5, 0.6) is 0 Å². The molecule has 0 amide bonds. The average molecular weight is 231 g/mol. The van der Waals surface area contributed by atoms with Gasteiger partial charge in [-0.15, -0.1) is 11.6 Å². The molecule has 1 heterocycles. The number of hydrogen-bond acceptors (Lipinski definition) is 1. The zero-order chi connectivity index (χ0) is 10.8. The maximum absolute atomic E-state index is 13.5. The Morgan fingerprint density at radius 1 is 1.40 bits per heavy atom. The van der Waals surface area contributed by atoms with Gasteiger partial charge in [0, 0.05) is 0 Å². The smallest absolute Gasteiger partial charge is 0.149 e. The average Bonchev–Trinajstić information content (AvgIpc) is 2.58. The first-order chi connectivity index (χ1) is 7.27. The van der Waals surface area contributed by atoms with Gasteiger partial charge < -0.3 is 4.57 Å². The van der Waals surface area contributed by atoms with Crippen LogP contribution in [0.2, 0.25) is 0 Å². The highest BCUT2D eigenvalue weighted by Gasteiger charge is 2.12. The fraction of sp³-hybridized carbons (Fsp3) is 0.300. The van der Waals surface area contributed by atoms with Crippen molar-refractivity contribution in [1.82, 2.24) is 9.55 Å². The van der Waals surface area contributed by atoms with Gasteiger partial charge in [-0.05, 0) is 12.1 Å². The molecule has 5 heteroatoms. The minimum absolute atomic E-state index is 0.0828. The van der Waals surface area contributed by atoms with Crippen molar-refractivity contribution in [2.75, 3.05) is 6.67 Å². The molecule has 1 aromatic carbocycles. The molecule has 2 aromatic rings. The zero-order valence-electron chi connectivity index (χ0n) is 7.88. The van der Waals surface area contributed by atoms with E-state index >= 15 is 0 Å². The third-order valence-corrected chi connectivity index (χ3v) is 2.46. The van der Waals surface area contributed by atoms with Gasteiger partial charge in [0.05, 0.1) is 17.9 Å². The number of aromatic nitrogens is 2. The normalized spacial score (nSPS) is 11.1. The lowest BCUT2D eigenvalue weighted by molar-refractivity contribution is 0.444. The summed E-state index contributed by atoms with van der Waals surface area (Å²) >= 11 is 5.66. The fourth-order valence-corrected chi connectivity index (χ4v) is 1.82. The molecule has 0 aliphatic rings. The summed E-state index contributed by atoms with van der Waals surface area (Å²) in [5.41, 5.74) is 0.838. The van der Waals surface area contributed by atoms with Gasteiger partial charge in [0.25, 0.3) is 0 Å². The zero-order valence-corrected chi connectivity index (χ0v) is 8.64. The monoisotopic (exact) mass is 230 g/mol. The van der Waals surface area contributed by atoms with Gasteiger partial charge >= 0.3 is 0 Å². The number of nitrogens with zero attached hydrogens (tertiary/aromatic N) is 2. The van der Waals surface area contributed by atoms with Crippen LogP contribution in [0.1, 0.15) is 5.82 Å². The molecule has 2 nitrogen and oxygen atoms in total. The summed E-state index contributed by atoms with van der Waals surface area (Å²) in [4.78, 5) is 4.13. The Kier molecular flexibility index (Phi) is 2.86. The maximum Gasteiger partial charge on any atom is 0.149 e. The Balaban J connectivity index is 2.70. The van der Waals surface area contributed by atoms with Crippen molar-refractivity contribution in [2.24, 2.45) is 0 Å². The Morgan fingerprint density at radius 3 is 2.87 bits per heavy atom. The van der Waals surface area contributed by atoms with E-state index in [1.807, 2.05) is 0 Å². The Morgan fingerprint density at radius 2 is 2.20 bits per heavy atom. The van der Waals surface area contributed by atoms with Crippen LogP contribution in [0.15, 0.2) is 18.2 Å². The molecule has 0 aliphatic heterocycles. The number of rotatable bonds is 3. The molecule has 0 unspecified atom stereocenters. The first-order valence-corrected chi connectivity index (χ1v) is 5.07. The predicted molar refractivity (Wildman–Crippen MR) is 55.2 cm³/mol. The van der Waals surface area contributed by atoms with Gasteiger partial charge in [0.2, 0.25) is 0 Å². The summed E-state index contributed by atoms with van der Waals surface area (Å²) in [6.07, 6.45) is 0. The van der Waals surface area contributed by atoms with Gasteiger partial charge in [-0.1, -0.05) is 6.07 Å². The lowest BCUT2D eigenvalue weighted by Crippen LogP contribution is -2.04. The molecule has 1 aromatic heterocycles. The molecular formula is C10H9ClF2N2. The summed E-state index contributed by atoms with van der Waals surface area (Å²) in [7, 11) is 0. The Hall–Kier alpha value is -1.16. The molecule has 15 heavy (non-hydrogen) atoms. The van der Waals surface area contributed by atoms with E-state index in [0.717, 1.165) is 0 Å². The van der Waals surface area contributed by atoms with E-state index in [1.165, 1.54) is 10.6 Å². The van der Waals surface area contributed by atoms with Crippen LogP contribution in [0.4, 0.5) is 8.78 Å². The second kappa shape index (κ2) is 4.14. The summed E-state index contributed by atoms with van der Waals surface area (Å²) in [6.45, 7) is -0.483. The largest absolute Gasteiger partial charge is 0.322 e. The Labute approximate surface area is 90.5 Å². The molecule has 80 valence electrons. The molecule has 0 spiro atoms. The van der Waals surface area contributed by atoms with E-state index in [2.05, 4.69) is 4.98 Å².